The summed E-state index contributed by atoms with van der Waals surface area (Å²) in [5, 5.41) is 12.4. The second-order valence-electron chi connectivity index (χ2n) is 4.92. The molecule has 3 rings (SSSR count). The number of anilines is 1. The van der Waals surface area contributed by atoms with Crippen LogP contribution in [0.25, 0.3) is 5.65 Å². The lowest BCUT2D eigenvalue weighted by atomic mass is 10.0. The van der Waals surface area contributed by atoms with Crippen LogP contribution in [-0.2, 0) is 0 Å². The number of carbonyl (C=O) groups is 1. The van der Waals surface area contributed by atoms with Gasteiger partial charge in [-0.1, -0.05) is 12.1 Å². The summed E-state index contributed by atoms with van der Waals surface area (Å²) in [6.45, 7) is -0.545. The summed E-state index contributed by atoms with van der Waals surface area (Å²) < 4.78 is 26.4. The lowest BCUT2D eigenvalue weighted by molar-refractivity contribution is 0.103. The molecular formula is C16H13F2N3O2. The number of pyridine rings is 1. The number of alkyl halides is 2. The molecule has 0 fully saturated rings. The van der Waals surface area contributed by atoms with E-state index >= 15 is 0 Å². The highest BCUT2D eigenvalue weighted by Gasteiger charge is 2.16. The van der Waals surface area contributed by atoms with Gasteiger partial charge in [0.25, 0.3) is 6.43 Å². The smallest absolute Gasteiger partial charge is 0.255 e. The third kappa shape index (κ3) is 2.98. The molecule has 0 saturated heterocycles. The zero-order valence-electron chi connectivity index (χ0n) is 11.9. The molecule has 5 nitrogen and oxygen atoms in total. The lowest BCUT2D eigenvalue weighted by Gasteiger charge is -2.10. The van der Waals surface area contributed by atoms with Crippen LogP contribution in [0.2, 0.25) is 0 Å². The molecule has 0 amide bonds. The summed E-state index contributed by atoms with van der Waals surface area (Å²) in [5.74, 6) is -0.538. The predicted octanol–water partition coefficient (Wildman–Crippen LogP) is 2.95. The van der Waals surface area contributed by atoms with Gasteiger partial charge in [-0.05, 0) is 18.2 Å². The molecule has 0 atom stereocenters. The predicted molar refractivity (Wildman–Crippen MR) is 81.2 cm³/mol. The number of aromatic nitrogens is 2. The minimum absolute atomic E-state index is 0.134. The topological polar surface area (TPSA) is 66.6 Å². The Kier molecular flexibility index (Phi) is 3.92. The summed E-state index contributed by atoms with van der Waals surface area (Å²) in [6, 6.07) is 7.62. The van der Waals surface area contributed by atoms with Crippen LogP contribution in [-0.4, -0.2) is 33.2 Å². The highest BCUT2D eigenvalue weighted by Crippen LogP contribution is 2.23. The Balaban J connectivity index is 2.04. The number of hydrogen-bond donors (Lipinski definition) is 2. The van der Waals surface area contributed by atoms with E-state index < -0.39 is 18.8 Å². The number of hydrogen-bond acceptors (Lipinski definition) is 4. The number of fused-ring (bicyclic) bond motifs is 1. The zero-order valence-corrected chi connectivity index (χ0v) is 11.9. The van der Waals surface area contributed by atoms with Crippen LogP contribution >= 0.6 is 0 Å². The average molecular weight is 317 g/mol. The summed E-state index contributed by atoms with van der Waals surface area (Å²) in [4.78, 5) is 16.6. The minimum atomic E-state index is -2.53. The summed E-state index contributed by atoms with van der Waals surface area (Å²) in [5.41, 5.74) is 1.18. The molecule has 0 bridgehead atoms. The molecule has 7 heteroatoms. The van der Waals surface area contributed by atoms with E-state index in [-0.39, 0.29) is 16.9 Å². The van der Waals surface area contributed by atoms with Gasteiger partial charge in [0.1, 0.15) is 5.75 Å². The van der Waals surface area contributed by atoms with Crippen LogP contribution in [0.4, 0.5) is 14.5 Å². The van der Waals surface area contributed by atoms with Gasteiger partial charge in [0.05, 0.1) is 17.8 Å². The Hall–Kier alpha value is -2.96. The number of nitrogens with zero attached hydrogens (tertiary/aromatic N) is 2. The first kappa shape index (κ1) is 15.0. The van der Waals surface area contributed by atoms with Gasteiger partial charge in [-0.15, -0.1) is 0 Å². The first-order valence-corrected chi connectivity index (χ1v) is 6.87. The van der Waals surface area contributed by atoms with Crippen LogP contribution in [0, 0.1) is 0 Å². The van der Waals surface area contributed by atoms with Crippen molar-refractivity contribution >= 4 is 17.1 Å². The molecule has 0 saturated carbocycles. The van der Waals surface area contributed by atoms with Crippen molar-refractivity contribution in [3.05, 3.63) is 60.0 Å². The first-order valence-electron chi connectivity index (χ1n) is 6.87. The number of para-hydroxylation sites is 1. The highest BCUT2D eigenvalue weighted by molar-refractivity contribution is 6.11. The third-order valence-corrected chi connectivity index (χ3v) is 3.35. The van der Waals surface area contributed by atoms with E-state index in [1.54, 1.807) is 28.9 Å². The average Bonchev–Trinajstić information content (AvgIpc) is 3.00. The van der Waals surface area contributed by atoms with Crippen molar-refractivity contribution < 1.29 is 18.7 Å². The van der Waals surface area contributed by atoms with E-state index in [9.17, 15) is 18.7 Å². The normalized spacial score (nSPS) is 11.1. The molecule has 2 N–H and O–H groups in total. The molecular weight excluding hydrogens is 304 g/mol. The van der Waals surface area contributed by atoms with Gasteiger partial charge in [-0.25, -0.2) is 13.8 Å². The second-order valence-corrected chi connectivity index (χ2v) is 4.92. The molecule has 1 aromatic carbocycles. The van der Waals surface area contributed by atoms with E-state index in [0.717, 1.165) is 0 Å². The largest absolute Gasteiger partial charge is 0.507 e. The number of benzene rings is 1. The molecule has 0 spiro atoms. The number of carbonyl (C=O) groups excluding carboxylic acids is 1. The molecule has 23 heavy (non-hydrogen) atoms. The fourth-order valence-electron chi connectivity index (χ4n) is 2.30. The van der Waals surface area contributed by atoms with E-state index in [1.165, 1.54) is 24.4 Å². The molecule has 2 heterocycles. The Morgan fingerprint density at radius 1 is 1.35 bits per heavy atom. The van der Waals surface area contributed by atoms with E-state index in [2.05, 4.69) is 10.3 Å². The SMILES string of the molecule is O=C(c1cc(NCC(F)F)c2nccn2c1)c1ccccc1O. The number of halogens is 2. The van der Waals surface area contributed by atoms with E-state index in [0.29, 0.717) is 11.3 Å². The van der Waals surface area contributed by atoms with Crippen LogP contribution in [0.5, 0.6) is 5.75 Å². The number of ketones is 1. The number of rotatable bonds is 5. The van der Waals surface area contributed by atoms with Crippen LogP contribution < -0.4 is 5.32 Å². The van der Waals surface area contributed by atoms with Gasteiger partial charge in [0.2, 0.25) is 0 Å². The van der Waals surface area contributed by atoms with Crippen LogP contribution in [0.15, 0.2) is 48.9 Å². The van der Waals surface area contributed by atoms with Gasteiger partial charge in [-0.3, -0.25) is 4.79 Å². The molecule has 0 unspecified atom stereocenters. The number of nitrogens with one attached hydrogen (secondary N) is 1. The second kappa shape index (κ2) is 6.04. The Labute approximate surface area is 130 Å². The third-order valence-electron chi connectivity index (χ3n) is 3.35. The van der Waals surface area contributed by atoms with Crippen molar-refractivity contribution in [1.82, 2.24) is 9.38 Å². The molecule has 0 aliphatic carbocycles. The standard InChI is InChI=1S/C16H13F2N3O2/c17-14(18)8-20-12-7-10(9-21-6-5-19-16(12)21)15(23)11-3-1-2-4-13(11)22/h1-7,9,14,20,22H,8H2. The van der Waals surface area contributed by atoms with Gasteiger partial charge < -0.3 is 14.8 Å². The monoisotopic (exact) mass is 317 g/mol. The quantitative estimate of drug-likeness (QED) is 0.710. The lowest BCUT2D eigenvalue weighted by Crippen LogP contribution is -2.12. The summed E-state index contributed by atoms with van der Waals surface area (Å²) in [6.07, 6.45) is 2.15. The van der Waals surface area contributed by atoms with Gasteiger partial charge in [0.15, 0.2) is 11.4 Å². The van der Waals surface area contributed by atoms with E-state index in [4.69, 9.17) is 0 Å². The molecule has 0 aliphatic rings. The summed E-state index contributed by atoms with van der Waals surface area (Å²) >= 11 is 0. The fourth-order valence-corrected chi connectivity index (χ4v) is 2.30. The van der Waals surface area contributed by atoms with Crippen molar-refractivity contribution in [1.29, 1.82) is 0 Å². The maximum absolute atomic E-state index is 12.6. The van der Waals surface area contributed by atoms with Crippen molar-refractivity contribution in [3.8, 4) is 5.75 Å². The minimum Gasteiger partial charge on any atom is -0.507 e. The van der Waals surface area contributed by atoms with Crippen molar-refractivity contribution in [2.75, 3.05) is 11.9 Å². The molecule has 2 aromatic heterocycles. The van der Waals surface area contributed by atoms with Crippen LogP contribution in [0.1, 0.15) is 15.9 Å². The number of aromatic hydroxyl groups is 1. The number of phenols is 1. The fraction of sp³-hybridized carbons (Fsp3) is 0.125. The van der Waals surface area contributed by atoms with Gasteiger partial charge in [-0.2, -0.15) is 0 Å². The van der Waals surface area contributed by atoms with Gasteiger partial charge in [0, 0.05) is 24.2 Å². The van der Waals surface area contributed by atoms with Crippen molar-refractivity contribution in [3.63, 3.8) is 0 Å². The van der Waals surface area contributed by atoms with E-state index in [1.807, 2.05) is 0 Å². The Morgan fingerprint density at radius 2 is 2.13 bits per heavy atom. The molecule has 118 valence electrons. The Morgan fingerprint density at radius 3 is 2.87 bits per heavy atom. The molecule has 0 aliphatic heterocycles. The van der Waals surface area contributed by atoms with Crippen molar-refractivity contribution in [2.24, 2.45) is 0 Å². The number of phenolic OH excluding ortho intramolecular Hbond substituents is 1. The Bertz CT molecular complexity index is 861. The molecule has 3 aromatic rings. The van der Waals surface area contributed by atoms with Gasteiger partial charge >= 0.3 is 0 Å². The number of imidazole rings is 1. The molecule has 0 radical (unpaired) electrons. The first-order chi connectivity index (χ1) is 11.1. The summed E-state index contributed by atoms with van der Waals surface area (Å²) in [7, 11) is 0. The maximum Gasteiger partial charge on any atom is 0.255 e. The maximum atomic E-state index is 12.6. The van der Waals surface area contributed by atoms with Crippen molar-refractivity contribution in [2.45, 2.75) is 6.43 Å². The zero-order chi connectivity index (χ0) is 16.4. The highest BCUT2D eigenvalue weighted by atomic mass is 19.3. The van der Waals surface area contributed by atoms with Crippen LogP contribution in [0.3, 0.4) is 0 Å².